The van der Waals surface area contributed by atoms with Crippen LogP contribution in [0.4, 0.5) is 0 Å². The van der Waals surface area contributed by atoms with Gasteiger partial charge in [-0.25, -0.2) is 4.98 Å². The van der Waals surface area contributed by atoms with E-state index in [1.54, 1.807) is 0 Å². The van der Waals surface area contributed by atoms with Crippen molar-refractivity contribution in [3.63, 3.8) is 0 Å². The van der Waals surface area contributed by atoms with Gasteiger partial charge < -0.3 is 4.57 Å². The molecule has 4 heterocycles. The normalized spacial score (nSPS) is 12.2. The molecule has 0 N–H and O–H groups in total. The van der Waals surface area contributed by atoms with Gasteiger partial charge in [0.2, 0.25) is 0 Å². The van der Waals surface area contributed by atoms with Crippen molar-refractivity contribution in [2.24, 2.45) is 0 Å². The van der Waals surface area contributed by atoms with Crippen LogP contribution in [0.2, 0.25) is 0 Å². The van der Waals surface area contributed by atoms with E-state index in [0.29, 0.717) is 0 Å². The molecular weight excluding hydrogens is 711 g/mol. The first-order valence-electron chi connectivity index (χ1n) is 19.5. The summed E-state index contributed by atoms with van der Waals surface area (Å²) in [6, 6.07) is 68.8. The Hall–Kier alpha value is -7.27. The highest BCUT2D eigenvalue weighted by molar-refractivity contribution is 7.26. The Morgan fingerprint density at radius 3 is 1.72 bits per heavy atom. The summed E-state index contributed by atoms with van der Waals surface area (Å²) in [6.45, 7) is 0. The van der Waals surface area contributed by atoms with Gasteiger partial charge in [0.15, 0.2) is 5.65 Å². The second-order valence-electron chi connectivity index (χ2n) is 15.1. The van der Waals surface area contributed by atoms with Crippen LogP contribution in [0.3, 0.4) is 0 Å². The minimum Gasteiger partial charge on any atom is -0.309 e. The van der Waals surface area contributed by atoms with E-state index in [1.807, 2.05) is 11.3 Å². The lowest BCUT2D eigenvalue weighted by Gasteiger charge is -2.12. The molecule has 0 saturated carbocycles. The molecule has 0 radical (unpaired) electrons. The summed E-state index contributed by atoms with van der Waals surface area (Å²) in [6.07, 6.45) is 0. The summed E-state index contributed by atoms with van der Waals surface area (Å²) < 4.78 is 7.28. The first-order valence-corrected chi connectivity index (χ1v) is 20.3. The molecule has 0 atom stereocenters. The SMILES string of the molecule is c1ccc2c(c1)ccc1c2ccc2c1nc1c3sc4ccc5ccccc5c4c3cc(-c3ccc(-c4ccc(-n5c6ccccc6c6ccccc65)cc4)cc3)n21. The van der Waals surface area contributed by atoms with Gasteiger partial charge in [0.05, 0.1) is 32.5 Å². The number of nitrogens with zero attached hydrogens (tertiary/aromatic N) is 3. The lowest BCUT2D eigenvalue weighted by Crippen LogP contribution is -1.94. The topological polar surface area (TPSA) is 22.2 Å². The second kappa shape index (κ2) is 11.6. The molecule has 0 amide bonds. The standard InChI is InChI=1S/C53H31N3S/c1-3-11-38-34(9-1)23-27-43-40(38)28-29-47-51(43)54-53-52-44(50-39-12-4-2-10-35(39)24-30-49(50)57-52)31-48(56(47)53)36-19-17-32(18-20-36)33-21-25-37(26-22-33)55-45-15-7-5-13-41(45)42-14-6-8-16-46(42)55/h1-31H. The number of benzene rings is 9. The quantitative estimate of drug-likeness (QED) is 0.165. The third kappa shape index (κ3) is 4.39. The van der Waals surface area contributed by atoms with Gasteiger partial charge in [-0.3, -0.25) is 4.40 Å². The zero-order valence-electron chi connectivity index (χ0n) is 30.6. The number of para-hydroxylation sites is 2. The highest BCUT2D eigenvalue weighted by atomic mass is 32.1. The molecule has 264 valence electrons. The fourth-order valence-electron chi connectivity index (χ4n) is 9.47. The molecule has 9 aromatic carbocycles. The Kier molecular flexibility index (Phi) is 6.32. The van der Waals surface area contributed by atoms with Crippen LogP contribution in [0.5, 0.6) is 0 Å². The van der Waals surface area contributed by atoms with Crippen LogP contribution in [0.1, 0.15) is 0 Å². The molecule has 4 aromatic heterocycles. The Bertz CT molecular complexity index is 3740. The molecule has 13 rings (SSSR count). The summed E-state index contributed by atoms with van der Waals surface area (Å²) >= 11 is 1.85. The summed E-state index contributed by atoms with van der Waals surface area (Å²) in [4.78, 5) is 5.54. The van der Waals surface area contributed by atoms with Gasteiger partial charge in [-0.1, -0.05) is 146 Å². The van der Waals surface area contributed by atoms with E-state index in [-0.39, 0.29) is 0 Å². The number of fused-ring (bicyclic) bond motifs is 16. The summed E-state index contributed by atoms with van der Waals surface area (Å²) in [7, 11) is 0. The van der Waals surface area contributed by atoms with Crippen molar-refractivity contribution < 1.29 is 0 Å². The highest BCUT2D eigenvalue weighted by Gasteiger charge is 2.20. The molecule has 0 aliphatic carbocycles. The molecule has 0 aliphatic rings. The first-order chi connectivity index (χ1) is 28.3. The predicted molar refractivity (Wildman–Crippen MR) is 243 cm³/mol. The molecule has 0 aliphatic heterocycles. The van der Waals surface area contributed by atoms with Crippen molar-refractivity contribution in [2.45, 2.75) is 0 Å². The molecule has 3 nitrogen and oxygen atoms in total. The maximum atomic E-state index is 5.54. The van der Waals surface area contributed by atoms with Crippen molar-refractivity contribution >= 4 is 102 Å². The zero-order valence-corrected chi connectivity index (χ0v) is 31.5. The third-order valence-corrected chi connectivity index (χ3v) is 13.3. The molecule has 0 fully saturated rings. The van der Waals surface area contributed by atoms with Crippen molar-refractivity contribution in [1.29, 1.82) is 0 Å². The first kappa shape index (κ1) is 31.0. The van der Waals surface area contributed by atoms with Gasteiger partial charge in [0, 0.05) is 37.3 Å². The van der Waals surface area contributed by atoms with Crippen molar-refractivity contribution in [2.75, 3.05) is 0 Å². The molecular formula is C53H31N3S. The molecule has 0 spiro atoms. The van der Waals surface area contributed by atoms with Crippen molar-refractivity contribution in [1.82, 2.24) is 14.0 Å². The molecule has 13 aromatic rings. The second-order valence-corrected chi connectivity index (χ2v) is 16.2. The fraction of sp³-hybridized carbons (Fsp3) is 0. The van der Waals surface area contributed by atoms with Crippen LogP contribution in [0.25, 0.3) is 119 Å². The van der Waals surface area contributed by atoms with Crippen LogP contribution in [-0.2, 0) is 0 Å². The third-order valence-electron chi connectivity index (χ3n) is 12.1. The molecule has 0 bridgehead atoms. The minimum absolute atomic E-state index is 1.01. The largest absolute Gasteiger partial charge is 0.309 e. The number of rotatable bonds is 3. The highest BCUT2D eigenvalue weighted by Crippen LogP contribution is 2.44. The Labute approximate surface area is 330 Å². The van der Waals surface area contributed by atoms with Gasteiger partial charge in [-0.05, 0) is 86.1 Å². The molecule has 4 heteroatoms. The van der Waals surface area contributed by atoms with Crippen LogP contribution in [0.15, 0.2) is 188 Å². The van der Waals surface area contributed by atoms with Gasteiger partial charge in [-0.15, -0.1) is 11.3 Å². The van der Waals surface area contributed by atoms with Crippen LogP contribution in [0, 0.1) is 0 Å². The van der Waals surface area contributed by atoms with Gasteiger partial charge in [0.1, 0.15) is 0 Å². The van der Waals surface area contributed by atoms with Crippen LogP contribution >= 0.6 is 11.3 Å². The van der Waals surface area contributed by atoms with Gasteiger partial charge in [0.25, 0.3) is 0 Å². The van der Waals surface area contributed by atoms with Gasteiger partial charge >= 0.3 is 0 Å². The monoisotopic (exact) mass is 741 g/mol. The number of aromatic nitrogens is 3. The number of hydrogen-bond acceptors (Lipinski definition) is 2. The summed E-state index contributed by atoms with van der Waals surface area (Å²) in [5, 5.41) is 12.6. The zero-order chi connectivity index (χ0) is 37.2. The predicted octanol–water partition coefficient (Wildman–Crippen LogP) is 14.7. The number of pyridine rings is 1. The Morgan fingerprint density at radius 2 is 0.982 bits per heavy atom. The number of imidazole rings is 1. The summed E-state index contributed by atoms with van der Waals surface area (Å²) in [5.74, 6) is 0. The maximum absolute atomic E-state index is 5.54. The van der Waals surface area contributed by atoms with E-state index in [1.165, 1.54) is 85.4 Å². The average molecular weight is 742 g/mol. The Morgan fingerprint density at radius 1 is 0.404 bits per heavy atom. The lowest BCUT2D eigenvalue weighted by atomic mass is 10.00. The van der Waals surface area contributed by atoms with Crippen molar-refractivity contribution in [3.8, 4) is 28.1 Å². The van der Waals surface area contributed by atoms with E-state index in [0.717, 1.165) is 33.6 Å². The fourth-order valence-corrected chi connectivity index (χ4v) is 10.6. The van der Waals surface area contributed by atoms with E-state index < -0.39 is 0 Å². The average Bonchev–Trinajstić information content (AvgIpc) is 3.96. The Balaban J connectivity index is 1.00. The van der Waals surface area contributed by atoms with Crippen LogP contribution in [-0.4, -0.2) is 14.0 Å². The van der Waals surface area contributed by atoms with Crippen LogP contribution < -0.4 is 0 Å². The minimum atomic E-state index is 1.01. The van der Waals surface area contributed by atoms with Crippen molar-refractivity contribution in [3.05, 3.63) is 188 Å². The number of hydrogen-bond donors (Lipinski definition) is 0. The van der Waals surface area contributed by atoms with E-state index >= 15 is 0 Å². The molecule has 0 unspecified atom stereocenters. The summed E-state index contributed by atoms with van der Waals surface area (Å²) in [5.41, 5.74) is 11.4. The van der Waals surface area contributed by atoms with E-state index in [9.17, 15) is 0 Å². The van der Waals surface area contributed by atoms with Gasteiger partial charge in [-0.2, -0.15) is 0 Å². The smallest absolute Gasteiger partial charge is 0.156 e. The molecule has 57 heavy (non-hydrogen) atoms. The lowest BCUT2D eigenvalue weighted by molar-refractivity contribution is 1.18. The molecule has 0 saturated heterocycles. The maximum Gasteiger partial charge on any atom is 0.156 e. The number of thiophene rings is 1. The van der Waals surface area contributed by atoms with E-state index in [4.69, 9.17) is 4.98 Å². The van der Waals surface area contributed by atoms with E-state index in [2.05, 4.69) is 197 Å².